The summed E-state index contributed by atoms with van der Waals surface area (Å²) >= 11 is 0. The number of nitrogens with zero attached hydrogens (tertiary/aromatic N) is 4. The van der Waals surface area contributed by atoms with Gasteiger partial charge in [0, 0.05) is 41.7 Å². The lowest BCUT2D eigenvalue weighted by atomic mass is 10.1. The fourth-order valence-corrected chi connectivity index (χ4v) is 4.11. The molecule has 2 N–H and O–H groups in total. The zero-order chi connectivity index (χ0) is 24.9. The number of ether oxygens (including phenoxy) is 2. The van der Waals surface area contributed by atoms with Crippen molar-refractivity contribution < 1.29 is 14.3 Å². The Morgan fingerprint density at radius 1 is 1.06 bits per heavy atom. The maximum Gasteiger partial charge on any atom is 0.260 e. The molecule has 1 aliphatic heterocycles. The van der Waals surface area contributed by atoms with E-state index in [2.05, 4.69) is 15.5 Å². The second-order valence-electron chi connectivity index (χ2n) is 8.39. The number of carbonyl (C=O) groups excluding carboxylic acids is 1. The molecule has 0 spiro atoms. The number of benzene rings is 2. The number of anilines is 2. The first-order valence-electron chi connectivity index (χ1n) is 12.0. The fraction of sp³-hybridized carbons (Fsp3) is 0.259. The van der Waals surface area contributed by atoms with Crippen LogP contribution in [0.4, 0.5) is 11.5 Å². The normalized spacial score (nSPS) is 12.3. The standard InChI is InChI=1S/C27H28N6O3/c1-3-33(4-2)25(34)17-36-22-7-5-6-19(12-22)26-31-24-16-35-15-23(24)27(32-26)30-21-10-8-18(9-11-21)20-13-28-29-14-20/h5-14H,3-4,15-17H2,1-2H3,(H,28,29)(H,30,31,32). The molecule has 1 amide bonds. The molecule has 2 aromatic carbocycles. The average molecular weight is 485 g/mol. The van der Waals surface area contributed by atoms with Gasteiger partial charge in [0.25, 0.3) is 5.91 Å². The van der Waals surface area contributed by atoms with Crippen molar-refractivity contribution in [1.29, 1.82) is 0 Å². The molecule has 0 unspecified atom stereocenters. The van der Waals surface area contributed by atoms with Gasteiger partial charge in [-0.1, -0.05) is 24.3 Å². The lowest BCUT2D eigenvalue weighted by molar-refractivity contribution is -0.132. The van der Waals surface area contributed by atoms with E-state index in [1.165, 1.54) is 0 Å². The molecule has 5 rings (SSSR count). The summed E-state index contributed by atoms with van der Waals surface area (Å²) in [6.07, 6.45) is 3.65. The van der Waals surface area contributed by atoms with Crippen molar-refractivity contribution in [3.8, 4) is 28.3 Å². The van der Waals surface area contributed by atoms with Crippen molar-refractivity contribution in [2.75, 3.05) is 25.0 Å². The largest absolute Gasteiger partial charge is 0.484 e. The van der Waals surface area contributed by atoms with E-state index >= 15 is 0 Å². The molecule has 0 bridgehead atoms. The zero-order valence-corrected chi connectivity index (χ0v) is 20.3. The molecular weight excluding hydrogens is 456 g/mol. The van der Waals surface area contributed by atoms with Crippen LogP contribution in [0.5, 0.6) is 5.75 Å². The molecule has 0 saturated carbocycles. The third kappa shape index (κ3) is 5.06. The lowest BCUT2D eigenvalue weighted by Gasteiger charge is -2.18. The molecule has 0 aliphatic carbocycles. The minimum Gasteiger partial charge on any atom is -0.484 e. The molecule has 9 heteroatoms. The summed E-state index contributed by atoms with van der Waals surface area (Å²) in [6.45, 7) is 6.12. The number of hydrogen-bond donors (Lipinski definition) is 2. The Kier molecular flexibility index (Phi) is 6.90. The number of H-pyrrole nitrogens is 1. The maximum atomic E-state index is 12.3. The quantitative estimate of drug-likeness (QED) is 0.359. The molecule has 3 heterocycles. The van der Waals surface area contributed by atoms with Crippen molar-refractivity contribution in [2.24, 2.45) is 0 Å². The van der Waals surface area contributed by atoms with Gasteiger partial charge in [0.05, 0.1) is 25.1 Å². The Labute approximate surface area is 209 Å². The van der Waals surface area contributed by atoms with Crippen LogP contribution >= 0.6 is 0 Å². The number of carbonyl (C=O) groups is 1. The van der Waals surface area contributed by atoms with Crippen LogP contribution in [0.15, 0.2) is 60.9 Å². The van der Waals surface area contributed by atoms with Crippen molar-refractivity contribution in [3.05, 3.63) is 72.2 Å². The van der Waals surface area contributed by atoms with Crippen LogP contribution in [0.1, 0.15) is 25.1 Å². The van der Waals surface area contributed by atoms with E-state index in [-0.39, 0.29) is 12.5 Å². The summed E-state index contributed by atoms with van der Waals surface area (Å²) in [5, 5.41) is 10.3. The zero-order valence-electron chi connectivity index (χ0n) is 20.3. The van der Waals surface area contributed by atoms with E-state index in [1.54, 1.807) is 11.1 Å². The van der Waals surface area contributed by atoms with Gasteiger partial charge in [-0.2, -0.15) is 5.10 Å². The minimum atomic E-state index is -0.0402. The van der Waals surface area contributed by atoms with Gasteiger partial charge in [-0.05, 0) is 43.7 Å². The first-order valence-corrected chi connectivity index (χ1v) is 12.0. The molecular formula is C27H28N6O3. The van der Waals surface area contributed by atoms with Gasteiger partial charge in [-0.3, -0.25) is 9.89 Å². The van der Waals surface area contributed by atoms with Crippen LogP contribution in [-0.4, -0.2) is 50.7 Å². The number of rotatable bonds is 9. The van der Waals surface area contributed by atoms with E-state index in [0.29, 0.717) is 43.7 Å². The van der Waals surface area contributed by atoms with E-state index < -0.39 is 0 Å². The van der Waals surface area contributed by atoms with Gasteiger partial charge in [-0.25, -0.2) is 9.97 Å². The monoisotopic (exact) mass is 484 g/mol. The molecule has 9 nitrogen and oxygen atoms in total. The fourth-order valence-electron chi connectivity index (χ4n) is 4.11. The van der Waals surface area contributed by atoms with Crippen LogP contribution in [0.25, 0.3) is 22.5 Å². The van der Waals surface area contributed by atoms with E-state index in [1.807, 2.05) is 68.6 Å². The summed E-state index contributed by atoms with van der Waals surface area (Å²) in [6, 6.07) is 15.6. The second kappa shape index (κ2) is 10.6. The predicted molar refractivity (Wildman–Crippen MR) is 137 cm³/mol. The molecule has 2 aromatic heterocycles. The first-order chi connectivity index (χ1) is 17.6. The third-order valence-corrected chi connectivity index (χ3v) is 6.13. The summed E-state index contributed by atoms with van der Waals surface area (Å²) in [4.78, 5) is 23.6. The number of hydrogen-bond acceptors (Lipinski definition) is 7. The van der Waals surface area contributed by atoms with Gasteiger partial charge in [0.15, 0.2) is 12.4 Å². The van der Waals surface area contributed by atoms with E-state index in [9.17, 15) is 4.79 Å². The molecule has 4 aromatic rings. The molecule has 0 saturated heterocycles. The van der Waals surface area contributed by atoms with E-state index in [4.69, 9.17) is 19.4 Å². The third-order valence-electron chi connectivity index (χ3n) is 6.13. The highest BCUT2D eigenvalue weighted by Crippen LogP contribution is 2.31. The Balaban J connectivity index is 1.37. The first kappa shape index (κ1) is 23.5. The topological polar surface area (TPSA) is 105 Å². The van der Waals surface area contributed by atoms with Crippen molar-refractivity contribution in [1.82, 2.24) is 25.1 Å². The number of amides is 1. The summed E-state index contributed by atoms with van der Waals surface area (Å²) in [7, 11) is 0. The Bertz CT molecular complexity index is 1330. The lowest BCUT2D eigenvalue weighted by Crippen LogP contribution is -2.34. The van der Waals surface area contributed by atoms with Gasteiger partial charge in [0.2, 0.25) is 0 Å². The Hall–Kier alpha value is -4.24. The van der Waals surface area contributed by atoms with Crippen molar-refractivity contribution in [3.63, 3.8) is 0 Å². The minimum absolute atomic E-state index is 0.00830. The van der Waals surface area contributed by atoms with Crippen molar-refractivity contribution >= 4 is 17.4 Å². The number of aromatic amines is 1. The number of fused-ring (bicyclic) bond motifs is 1. The van der Waals surface area contributed by atoms with Crippen LogP contribution < -0.4 is 10.1 Å². The molecule has 0 radical (unpaired) electrons. The van der Waals surface area contributed by atoms with Gasteiger partial charge >= 0.3 is 0 Å². The van der Waals surface area contributed by atoms with Gasteiger partial charge < -0.3 is 19.7 Å². The molecule has 0 fully saturated rings. The summed E-state index contributed by atoms with van der Waals surface area (Å²) < 4.78 is 11.4. The number of likely N-dealkylation sites (N-methyl/N-ethyl adjacent to an activating group) is 1. The molecule has 0 atom stereocenters. The highest BCUT2D eigenvalue weighted by Gasteiger charge is 2.21. The number of nitrogens with one attached hydrogen (secondary N) is 2. The average Bonchev–Trinajstić information content (AvgIpc) is 3.62. The molecule has 36 heavy (non-hydrogen) atoms. The van der Waals surface area contributed by atoms with Crippen molar-refractivity contribution in [2.45, 2.75) is 27.1 Å². The second-order valence-corrected chi connectivity index (χ2v) is 8.39. The smallest absolute Gasteiger partial charge is 0.260 e. The highest BCUT2D eigenvalue weighted by molar-refractivity contribution is 5.77. The Morgan fingerprint density at radius 2 is 1.89 bits per heavy atom. The molecule has 1 aliphatic rings. The van der Waals surface area contributed by atoms with Gasteiger partial charge in [0.1, 0.15) is 11.6 Å². The van der Waals surface area contributed by atoms with Crippen LogP contribution in [0, 0.1) is 0 Å². The number of aromatic nitrogens is 4. The van der Waals surface area contributed by atoms with Crippen LogP contribution in [-0.2, 0) is 22.7 Å². The van der Waals surface area contributed by atoms with Crippen LogP contribution in [0.3, 0.4) is 0 Å². The highest BCUT2D eigenvalue weighted by atomic mass is 16.5. The SMILES string of the molecule is CCN(CC)C(=O)COc1cccc(-c2nc3c(c(Nc4ccc(-c5cn[nH]c5)cc4)n2)COC3)c1. The molecule has 184 valence electrons. The van der Waals surface area contributed by atoms with E-state index in [0.717, 1.165) is 33.6 Å². The summed E-state index contributed by atoms with van der Waals surface area (Å²) in [5.41, 5.74) is 5.63. The Morgan fingerprint density at radius 3 is 2.64 bits per heavy atom. The maximum absolute atomic E-state index is 12.3. The predicted octanol–water partition coefficient (Wildman–Crippen LogP) is 4.55. The summed E-state index contributed by atoms with van der Waals surface area (Å²) in [5.74, 6) is 1.84. The van der Waals surface area contributed by atoms with Gasteiger partial charge in [-0.15, -0.1) is 0 Å². The van der Waals surface area contributed by atoms with Crippen LogP contribution in [0.2, 0.25) is 0 Å².